The van der Waals surface area contributed by atoms with Gasteiger partial charge in [0.25, 0.3) is 0 Å². The molecule has 26 heavy (non-hydrogen) atoms. The van der Waals surface area contributed by atoms with Crippen LogP contribution in [0.3, 0.4) is 0 Å². The van der Waals surface area contributed by atoms with Crippen molar-refractivity contribution in [2.45, 2.75) is 19.9 Å². The van der Waals surface area contributed by atoms with Gasteiger partial charge >= 0.3 is 0 Å². The smallest absolute Gasteiger partial charge is 0.238 e. The molecule has 1 unspecified atom stereocenters. The second-order valence-corrected chi connectivity index (χ2v) is 7.06. The van der Waals surface area contributed by atoms with E-state index >= 15 is 0 Å². The second-order valence-electron chi connectivity index (χ2n) is 6.08. The van der Waals surface area contributed by atoms with E-state index < -0.39 is 0 Å². The van der Waals surface area contributed by atoms with E-state index in [1.54, 1.807) is 11.3 Å². The lowest BCUT2D eigenvalue weighted by atomic mass is 10.2. The molecule has 0 radical (unpaired) electrons. The summed E-state index contributed by atoms with van der Waals surface area (Å²) in [5, 5.41) is 8.19. The minimum Gasteiger partial charge on any atom is -0.455 e. The molecule has 1 aromatic heterocycles. The predicted molar refractivity (Wildman–Crippen MR) is 107 cm³/mol. The number of amides is 1. The Morgan fingerprint density at radius 2 is 1.85 bits per heavy atom. The van der Waals surface area contributed by atoms with Crippen LogP contribution in [0.4, 0.5) is 5.69 Å². The molecule has 0 aliphatic carbocycles. The lowest BCUT2D eigenvalue weighted by Gasteiger charge is -2.14. The number of para-hydroxylation sites is 2. The van der Waals surface area contributed by atoms with E-state index in [9.17, 15) is 4.79 Å². The maximum absolute atomic E-state index is 12.3. The largest absolute Gasteiger partial charge is 0.455 e. The van der Waals surface area contributed by atoms with E-state index in [1.165, 1.54) is 10.4 Å². The molecule has 0 spiro atoms. The van der Waals surface area contributed by atoms with Crippen molar-refractivity contribution in [1.82, 2.24) is 5.32 Å². The van der Waals surface area contributed by atoms with Crippen LogP contribution in [0.15, 0.2) is 66.0 Å². The first-order chi connectivity index (χ1) is 12.6. The van der Waals surface area contributed by atoms with E-state index in [0.29, 0.717) is 11.4 Å². The van der Waals surface area contributed by atoms with Gasteiger partial charge in [-0.1, -0.05) is 35.9 Å². The minimum atomic E-state index is -0.103. The molecule has 134 valence electrons. The van der Waals surface area contributed by atoms with Gasteiger partial charge in [-0.25, -0.2) is 0 Å². The molecule has 0 aliphatic rings. The molecule has 0 aliphatic heterocycles. The highest BCUT2D eigenvalue weighted by atomic mass is 32.1. The zero-order chi connectivity index (χ0) is 18.4. The Balaban J connectivity index is 1.60. The molecule has 3 rings (SSSR count). The molecule has 0 saturated heterocycles. The number of anilines is 1. The summed E-state index contributed by atoms with van der Waals surface area (Å²) in [7, 11) is 0. The highest BCUT2D eigenvalue weighted by molar-refractivity contribution is 7.10. The number of thiophene rings is 1. The molecule has 1 heterocycles. The summed E-state index contributed by atoms with van der Waals surface area (Å²) < 4.78 is 5.92. The fourth-order valence-corrected chi connectivity index (χ4v) is 3.23. The van der Waals surface area contributed by atoms with Gasteiger partial charge in [0.05, 0.1) is 12.2 Å². The summed E-state index contributed by atoms with van der Waals surface area (Å²) in [6.07, 6.45) is 0. The van der Waals surface area contributed by atoms with Crippen molar-refractivity contribution in [2.75, 3.05) is 11.9 Å². The van der Waals surface area contributed by atoms with Gasteiger partial charge in [0.2, 0.25) is 5.91 Å². The molecule has 5 heteroatoms. The van der Waals surface area contributed by atoms with Crippen LogP contribution in [0.25, 0.3) is 0 Å². The van der Waals surface area contributed by atoms with Gasteiger partial charge in [-0.15, -0.1) is 11.3 Å². The number of nitrogens with one attached hydrogen (secondary N) is 2. The van der Waals surface area contributed by atoms with Gasteiger partial charge in [-0.2, -0.15) is 0 Å². The lowest BCUT2D eigenvalue weighted by Crippen LogP contribution is -2.29. The van der Waals surface area contributed by atoms with Crippen LogP contribution >= 0.6 is 11.3 Å². The molecule has 2 N–H and O–H groups in total. The lowest BCUT2D eigenvalue weighted by molar-refractivity contribution is -0.115. The Bertz CT molecular complexity index is 845. The van der Waals surface area contributed by atoms with Crippen molar-refractivity contribution in [1.29, 1.82) is 0 Å². The SMILES string of the molecule is Cc1ccc(Oc2ccccc2NC(=O)CNC(C)c2cccs2)cc1. The van der Waals surface area contributed by atoms with Crippen LogP contribution < -0.4 is 15.4 Å². The summed E-state index contributed by atoms with van der Waals surface area (Å²) in [6, 6.07) is 19.5. The number of aryl methyl sites for hydroxylation is 1. The number of ether oxygens (including phenoxy) is 1. The average molecular weight is 366 g/mol. The highest BCUT2D eigenvalue weighted by Gasteiger charge is 2.11. The first-order valence-electron chi connectivity index (χ1n) is 8.52. The Morgan fingerprint density at radius 1 is 1.08 bits per heavy atom. The molecule has 4 nitrogen and oxygen atoms in total. The zero-order valence-electron chi connectivity index (χ0n) is 14.9. The van der Waals surface area contributed by atoms with Crippen molar-refractivity contribution in [3.8, 4) is 11.5 Å². The quantitative estimate of drug-likeness (QED) is 0.609. The van der Waals surface area contributed by atoms with Crippen molar-refractivity contribution in [3.63, 3.8) is 0 Å². The predicted octanol–water partition coefficient (Wildman–Crippen LogP) is 5.14. The maximum Gasteiger partial charge on any atom is 0.238 e. The van der Waals surface area contributed by atoms with Gasteiger partial charge in [0, 0.05) is 10.9 Å². The molecule has 0 fully saturated rings. The van der Waals surface area contributed by atoms with Crippen LogP contribution in [-0.2, 0) is 4.79 Å². The summed E-state index contributed by atoms with van der Waals surface area (Å²) in [6.45, 7) is 4.31. The minimum absolute atomic E-state index is 0.103. The van der Waals surface area contributed by atoms with Crippen LogP contribution in [0, 0.1) is 6.92 Å². The van der Waals surface area contributed by atoms with Crippen molar-refractivity contribution < 1.29 is 9.53 Å². The Labute approximate surface area is 157 Å². The van der Waals surface area contributed by atoms with E-state index in [0.717, 1.165) is 5.75 Å². The Morgan fingerprint density at radius 3 is 2.58 bits per heavy atom. The van der Waals surface area contributed by atoms with Crippen molar-refractivity contribution >= 4 is 22.9 Å². The van der Waals surface area contributed by atoms with Crippen LogP contribution in [0.5, 0.6) is 11.5 Å². The first kappa shape index (κ1) is 18.2. The topological polar surface area (TPSA) is 50.4 Å². The molecule has 1 amide bonds. The number of hydrogen-bond acceptors (Lipinski definition) is 4. The van der Waals surface area contributed by atoms with Crippen LogP contribution in [0.2, 0.25) is 0 Å². The van der Waals surface area contributed by atoms with Crippen molar-refractivity contribution in [2.24, 2.45) is 0 Å². The van der Waals surface area contributed by atoms with Gasteiger partial charge in [0.1, 0.15) is 5.75 Å². The van der Waals surface area contributed by atoms with E-state index in [2.05, 4.69) is 16.7 Å². The third-order valence-electron chi connectivity index (χ3n) is 3.95. The van der Waals surface area contributed by atoms with Crippen LogP contribution in [-0.4, -0.2) is 12.5 Å². The van der Waals surface area contributed by atoms with E-state index in [1.807, 2.05) is 73.8 Å². The van der Waals surface area contributed by atoms with Gasteiger partial charge in [-0.3, -0.25) is 4.79 Å². The maximum atomic E-state index is 12.3. The Kier molecular flexibility index (Phi) is 6.04. The number of carbonyl (C=O) groups is 1. The standard InChI is InChI=1S/C21H22N2O2S/c1-15-9-11-17(12-10-15)25-19-7-4-3-6-18(19)23-21(24)14-22-16(2)20-8-5-13-26-20/h3-13,16,22H,14H2,1-2H3,(H,23,24). The van der Waals surface area contributed by atoms with E-state index in [-0.39, 0.29) is 18.5 Å². The molecule has 2 aromatic carbocycles. The number of benzene rings is 2. The fourth-order valence-electron chi connectivity index (χ4n) is 2.47. The summed E-state index contributed by atoms with van der Waals surface area (Å²) >= 11 is 1.68. The summed E-state index contributed by atoms with van der Waals surface area (Å²) in [5.74, 6) is 1.26. The van der Waals surface area contributed by atoms with Gasteiger partial charge < -0.3 is 15.4 Å². The van der Waals surface area contributed by atoms with E-state index in [4.69, 9.17) is 4.74 Å². The van der Waals surface area contributed by atoms with Crippen LogP contribution in [0.1, 0.15) is 23.4 Å². The fraction of sp³-hybridized carbons (Fsp3) is 0.190. The molecular weight excluding hydrogens is 344 g/mol. The number of rotatable bonds is 7. The molecule has 0 bridgehead atoms. The molecule has 3 aromatic rings. The summed E-state index contributed by atoms with van der Waals surface area (Å²) in [4.78, 5) is 13.5. The third kappa shape index (κ3) is 4.94. The summed E-state index contributed by atoms with van der Waals surface area (Å²) in [5.41, 5.74) is 1.83. The molecular formula is C21H22N2O2S. The number of hydrogen-bond donors (Lipinski definition) is 2. The molecule has 0 saturated carbocycles. The first-order valence-corrected chi connectivity index (χ1v) is 9.40. The second kappa shape index (κ2) is 8.65. The molecule has 1 atom stereocenters. The Hall–Kier alpha value is -2.63. The third-order valence-corrected chi connectivity index (χ3v) is 5.00. The van der Waals surface area contributed by atoms with Gasteiger partial charge in [0.15, 0.2) is 5.75 Å². The monoisotopic (exact) mass is 366 g/mol. The van der Waals surface area contributed by atoms with Crippen molar-refractivity contribution in [3.05, 3.63) is 76.5 Å². The van der Waals surface area contributed by atoms with Gasteiger partial charge in [-0.05, 0) is 49.6 Å². The normalized spacial score (nSPS) is 11.8. The highest BCUT2D eigenvalue weighted by Crippen LogP contribution is 2.29. The number of carbonyl (C=O) groups excluding carboxylic acids is 1. The average Bonchev–Trinajstić information content (AvgIpc) is 3.18. The zero-order valence-corrected chi connectivity index (χ0v) is 15.7.